The van der Waals surface area contributed by atoms with Gasteiger partial charge in [-0.2, -0.15) is 0 Å². The van der Waals surface area contributed by atoms with E-state index in [1.807, 2.05) is 12.3 Å². The Morgan fingerprint density at radius 2 is 2.29 bits per heavy atom. The third kappa shape index (κ3) is 2.34. The standard InChI is InChI=1S/C11H17NOS/c1-8-12-10(7-14-8)11(13)6-9-4-2-3-5-9/h7,9,11,13H,2-6H2,1H3. The molecular weight excluding hydrogens is 194 g/mol. The number of hydrogen-bond donors (Lipinski definition) is 1. The number of hydrogen-bond acceptors (Lipinski definition) is 3. The number of rotatable bonds is 3. The molecule has 1 atom stereocenters. The monoisotopic (exact) mass is 211 g/mol. The fraction of sp³-hybridized carbons (Fsp3) is 0.727. The second-order valence-corrected chi connectivity index (χ2v) is 5.26. The summed E-state index contributed by atoms with van der Waals surface area (Å²) in [6.07, 6.45) is 5.84. The summed E-state index contributed by atoms with van der Waals surface area (Å²) in [4.78, 5) is 4.32. The van der Waals surface area contributed by atoms with E-state index in [1.165, 1.54) is 25.7 Å². The summed E-state index contributed by atoms with van der Waals surface area (Å²) in [5.41, 5.74) is 0.874. The van der Waals surface area contributed by atoms with Gasteiger partial charge in [-0.25, -0.2) is 4.98 Å². The summed E-state index contributed by atoms with van der Waals surface area (Å²) in [5, 5.41) is 13.0. The molecule has 0 aromatic carbocycles. The van der Waals surface area contributed by atoms with Crippen LogP contribution in [0.15, 0.2) is 5.38 Å². The van der Waals surface area contributed by atoms with Crippen molar-refractivity contribution in [1.29, 1.82) is 0 Å². The first-order valence-electron chi connectivity index (χ1n) is 5.36. The van der Waals surface area contributed by atoms with Crippen LogP contribution in [-0.4, -0.2) is 10.1 Å². The van der Waals surface area contributed by atoms with Gasteiger partial charge < -0.3 is 5.11 Å². The molecule has 3 heteroatoms. The smallest absolute Gasteiger partial charge is 0.0971 e. The van der Waals surface area contributed by atoms with Gasteiger partial charge in [-0.1, -0.05) is 25.7 Å². The zero-order chi connectivity index (χ0) is 9.97. The number of aliphatic hydroxyl groups is 1. The van der Waals surface area contributed by atoms with Gasteiger partial charge in [0.05, 0.1) is 16.8 Å². The maximum absolute atomic E-state index is 9.94. The Hall–Kier alpha value is -0.410. The van der Waals surface area contributed by atoms with Gasteiger partial charge in [-0.05, 0) is 19.3 Å². The van der Waals surface area contributed by atoms with E-state index in [2.05, 4.69) is 4.98 Å². The molecule has 0 aliphatic heterocycles. The largest absolute Gasteiger partial charge is 0.387 e. The van der Waals surface area contributed by atoms with Crippen molar-refractivity contribution in [2.75, 3.05) is 0 Å². The minimum atomic E-state index is -0.331. The Kier molecular flexibility index (Phi) is 3.19. The van der Waals surface area contributed by atoms with Gasteiger partial charge in [-0.15, -0.1) is 11.3 Å². The quantitative estimate of drug-likeness (QED) is 0.833. The number of nitrogens with zero attached hydrogens (tertiary/aromatic N) is 1. The van der Waals surface area contributed by atoms with Crippen LogP contribution in [-0.2, 0) is 0 Å². The van der Waals surface area contributed by atoms with E-state index in [9.17, 15) is 5.11 Å². The van der Waals surface area contributed by atoms with E-state index in [0.717, 1.165) is 23.0 Å². The van der Waals surface area contributed by atoms with Crippen LogP contribution in [0, 0.1) is 12.8 Å². The Morgan fingerprint density at radius 3 is 2.86 bits per heavy atom. The first kappa shape index (κ1) is 10.1. The van der Waals surface area contributed by atoms with Crippen molar-refractivity contribution < 1.29 is 5.11 Å². The van der Waals surface area contributed by atoms with Crippen LogP contribution in [0.4, 0.5) is 0 Å². The molecule has 0 spiro atoms. The molecule has 0 bridgehead atoms. The molecule has 1 saturated carbocycles. The molecule has 1 aromatic heterocycles. The van der Waals surface area contributed by atoms with Crippen LogP contribution < -0.4 is 0 Å². The van der Waals surface area contributed by atoms with Gasteiger partial charge in [0.25, 0.3) is 0 Å². The Morgan fingerprint density at radius 1 is 1.57 bits per heavy atom. The predicted octanol–water partition coefficient (Wildman–Crippen LogP) is 3.07. The zero-order valence-corrected chi connectivity index (χ0v) is 9.39. The second kappa shape index (κ2) is 4.41. The van der Waals surface area contributed by atoms with Crippen molar-refractivity contribution in [3.63, 3.8) is 0 Å². The minimum absolute atomic E-state index is 0.331. The summed E-state index contributed by atoms with van der Waals surface area (Å²) in [6.45, 7) is 1.98. The molecule has 78 valence electrons. The Balaban J connectivity index is 1.91. The van der Waals surface area contributed by atoms with Gasteiger partial charge in [0.15, 0.2) is 0 Å². The van der Waals surface area contributed by atoms with Gasteiger partial charge in [-0.3, -0.25) is 0 Å². The van der Waals surface area contributed by atoms with Crippen molar-refractivity contribution >= 4 is 11.3 Å². The Bertz CT molecular complexity index is 291. The second-order valence-electron chi connectivity index (χ2n) is 4.19. The van der Waals surface area contributed by atoms with Crippen molar-refractivity contribution in [2.45, 2.75) is 45.1 Å². The highest BCUT2D eigenvalue weighted by Gasteiger charge is 2.20. The van der Waals surface area contributed by atoms with Gasteiger partial charge in [0.1, 0.15) is 0 Å². The van der Waals surface area contributed by atoms with Gasteiger partial charge >= 0.3 is 0 Å². The molecule has 2 nitrogen and oxygen atoms in total. The third-order valence-electron chi connectivity index (χ3n) is 3.01. The van der Waals surface area contributed by atoms with Crippen molar-refractivity contribution in [1.82, 2.24) is 4.98 Å². The fourth-order valence-electron chi connectivity index (χ4n) is 2.22. The topological polar surface area (TPSA) is 33.1 Å². The van der Waals surface area contributed by atoms with E-state index in [1.54, 1.807) is 11.3 Å². The highest BCUT2D eigenvalue weighted by molar-refractivity contribution is 7.09. The molecule has 0 amide bonds. The molecule has 1 unspecified atom stereocenters. The summed E-state index contributed by atoms with van der Waals surface area (Å²) in [7, 11) is 0. The summed E-state index contributed by atoms with van der Waals surface area (Å²) in [5.74, 6) is 0.729. The number of thiazole rings is 1. The molecule has 1 N–H and O–H groups in total. The lowest BCUT2D eigenvalue weighted by molar-refractivity contribution is 0.141. The lowest BCUT2D eigenvalue weighted by atomic mass is 9.99. The summed E-state index contributed by atoms with van der Waals surface area (Å²) in [6, 6.07) is 0. The van der Waals surface area contributed by atoms with Crippen LogP contribution in [0.2, 0.25) is 0 Å². The number of aryl methyl sites for hydroxylation is 1. The number of aliphatic hydroxyl groups excluding tert-OH is 1. The molecule has 1 heterocycles. The number of aromatic nitrogens is 1. The van der Waals surface area contributed by atoms with E-state index in [4.69, 9.17) is 0 Å². The minimum Gasteiger partial charge on any atom is -0.387 e. The summed E-state index contributed by atoms with van der Waals surface area (Å²) >= 11 is 1.62. The van der Waals surface area contributed by atoms with E-state index >= 15 is 0 Å². The average molecular weight is 211 g/mol. The normalized spacial score (nSPS) is 20.1. The van der Waals surface area contributed by atoms with E-state index in [0.29, 0.717) is 0 Å². The highest BCUT2D eigenvalue weighted by atomic mass is 32.1. The first-order valence-corrected chi connectivity index (χ1v) is 6.24. The molecule has 1 aromatic rings. The first-order chi connectivity index (χ1) is 6.75. The third-order valence-corrected chi connectivity index (χ3v) is 3.80. The molecule has 14 heavy (non-hydrogen) atoms. The highest BCUT2D eigenvalue weighted by Crippen LogP contribution is 2.32. The van der Waals surface area contributed by atoms with Gasteiger partial charge in [0, 0.05) is 5.38 Å². The lowest BCUT2D eigenvalue weighted by Gasteiger charge is -2.12. The Labute approximate surface area is 89.0 Å². The molecule has 1 aliphatic rings. The SMILES string of the molecule is Cc1nc(C(O)CC2CCCC2)cs1. The van der Waals surface area contributed by atoms with Crippen LogP contribution >= 0.6 is 11.3 Å². The maximum atomic E-state index is 9.94. The van der Waals surface area contributed by atoms with Crippen LogP contribution in [0.1, 0.15) is 48.9 Å². The molecule has 2 rings (SSSR count). The molecular formula is C11H17NOS. The van der Waals surface area contributed by atoms with Crippen LogP contribution in [0.5, 0.6) is 0 Å². The van der Waals surface area contributed by atoms with Crippen molar-refractivity contribution in [2.24, 2.45) is 5.92 Å². The zero-order valence-electron chi connectivity index (χ0n) is 8.57. The maximum Gasteiger partial charge on any atom is 0.0971 e. The molecule has 0 radical (unpaired) electrons. The van der Waals surface area contributed by atoms with Crippen molar-refractivity contribution in [3.8, 4) is 0 Å². The van der Waals surface area contributed by atoms with Crippen LogP contribution in [0.25, 0.3) is 0 Å². The predicted molar refractivity (Wildman–Crippen MR) is 58.4 cm³/mol. The van der Waals surface area contributed by atoms with Crippen LogP contribution in [0.3, 0.4) is 0 Å². The lowest BCUT2D eigenvalue weighted by Crippen LogP contribution is -2.04. The molecule has 1 fully saturated rings. The fourth-order valence-corrected chi connectivity index (χ4v) is 2.87. The van der Waals surface area contributed by atoms with Gasteiger partial charge in [0.2, 0.25) is 0 Å². The average Bonchev–Trinajstić information content (AvgIpc) is 2.75. The van der Waals surface area contributed by atoms with Crippen molar-refractivity contribution in [3.05, 3.63) is 16.1 Å². The molecule has 0 saturated heterocycles. The van der Waals surface area contributed by atoms with E-state index < -0.39 is 0 Å². The summed E-state index contributed by atoms with van der Waals surface area (Å²) < 4.78 is 0. The van der Waals surface area contributed by atoms with E-state index in [-0.39, 0.29) is 6.10 Å². The molecule has 1 aliphatic carbocycles.